The van der Waals surface area contributed by atoms with Crippen LogP contribution in [0.15, 0.2) is 46.9 Å². The summed E-state index contributed by atoms with van der Waals surface area (Å²) in [5.41, 5.74) is 1.86. The Morgan fingerprint density at radius 2 is 1.89 bits per heavy atom. The number of fused-ring (bicyclic) bond motifs is 1. The van der Waals surface area contributed by atoms with Gasteiger partial charge in [-0.2, -0.15) is 0 Å². The summed E-state index contributed by atoms with van der Waals surface area (Å²) in [6.07, 6.45) is -0.0948. The third-order valence-corrected chi connectivity index (χ3v) is 4.03. The van der Waals surface area contributed by atoms with E-state index in [1.54, 1.807) is 0 Å². The number of hydrogen-bond donors (Lipinski definition) is 1. The van der Waals surface area contributed by atoms with Crippen molar-refractivity contribution in [2.45, 2.75) is 18.6 Å². The highest BCUT2D eigenvalue weighted by molar-refractivity contribution is 9.10. The maximum Gasteiger partial charge on any atom is 0.127 e. The van der Waals surface area contributed by atoms with E-state index in [1.165, 1.54) is 0 Å². The van der Waals surface area contributed by atoms with Crippen LogP contribution in [0.3, 0.4) is 0 Å². The summed E-state index contributed by atoms with van der Waals surface area (Å²) in [7, 11) is 0. The lowest BCUT2D eigenvalue weighted by molar-refractivity contribution is 0.0657. The predicted octanol–water partition coefficient (Wildman–Crippen LogP) is 4.66. The minimum absolute atomic E-state index is 0.144. The Morgan fingerprint density at radius 3 is 2.63 bits per heavy atom. The average molecular weight is 340 g/mol. The first kappa shape index (κ1) is 13.0. The first-order valence-electron chi connectivity index (χ1n) is 6.03. The lowest BCUT2D eigenvalue weighted by Crippen LogP contribution is -2.18. The van der Waals surface area contributed by atoms with Crippen molar-refractivity contribution in [3.05, 3.63) is 63.1 Å². The molecule has 0 saturated carbocycles. The zero-order valence-electron chi connectivity index (χ0n) is 10.0. The van der Waals surface area contributed by atoms with Crippen molar-refractivity contribution in [1.29, 1.82) is 0 Å². The summed E-state index contributed by atoms with van der Waals surface area (Å²) in [5.74, 6) is 0.730. The van der Waals surface area contributed by atoms with Gasteiger partial charge in [-0.1, -0.05) is 45.7 Å². The van der Waals surface area contributed by atoms with Gasteiger partial charge in [0.2, 0.25) is 0 Å². The smallest absolute Gasteiger partial charge is 0.127 e. The summed E-state index contributed by atoms with van der Waals surface area (Å²) in [4.78, 5) is 0. The first-order valence-corrected chi connectivity index (χ1v) is 7.20. The summed E-state index contributed by atoms with van der Waals surface area (Å²) in [6.45, 7) is 0. The fourth-order valence-corrected chi connectivity index (χ4v) is 2.76. The van der Waals surface area contributed by atoms with Crippen molar-refractivity contribution in [3.8, 4) is 5.75 Å². The molecule has 19 heavy (non-hydrogen) atoms. The molecule has 0 spiro atoms. The maximum atomic E-state index is 10.2. The van der Waals surface area contributed by atoms with E-state index in [0.717, 1.165) is 21.3 Å². The lowest BCUT2D eigenvalue weighted by Gasteiger charge is -2.30. The average Bonchev–Trinajstić information content (AvgIpc) is 2.38. The fourth-order valence-electron chi connectivity index (χ4n) is 2.30. The Labute approximate surface area is 125 Å². The van der Waals surface area contributed by atoms with E-state index in [4.69, 9.17) is 16.3 Å². The van der Waals surface area contributed by atoms with Crippen LogP contribution in [0.25, 0.3) is 0 Å². The molecule has 0 bridgehead atoms. The Bertz CT molecular complexity index is 598. The van der Waals surface area contributed by atoms with E-state index in [2.05, 4.69) is 15.9 Å². The van der Waals surface area contributed by atoms with Crippen molar-refractivity contribution < 1.29 is 9.84 Å². The lowest BCUT2D eigenvalue weighted by atomic mass is 9.95. The molecule has 1 unspecified atom stereocenters. The van der Waals surface area contributed by atoms with Crippen LogP contribution in [0, 0.1) is 0 Å². The highest BCUT2D eigenvalue weighted by Gasteiger charge is 2.27. The van der Waals surface area contributed by atoms with Crippen LogP contribution in [0.2, 0.25) is 5.02 Å². The van der Waals surface area contributed by atoms with Gasteiger partial charge in [-0.15, -0.1) is 0 Å². The number of aliphatic hydroxyl groups is 1. The molecule has 0 fully saturated rings. The van der Waals surface area contributed by atoms with E-state index in [0.29, 0.717) is 11.4 Å². The van der Waals surface area contributed by atoms with E-state index in [9.17, 15) is 5.11 Å². The maximum absolute atomic E-state index is 10.2. The fraction of sp³-hybridized carbons (Fsp3) is 0.200. The van der Waals surface area contributed by atoms with Gasteiger partial charge in [0.25, 0.3) is 0 Å². The second-order valence-electron chi connectivity index (χ2n) is 4.59. The topological polar surface area (TPSA) is 29.5 Å². The number of rotatable bonds is 1. The summed E-state index contributed by atoms with van der Waals surface area (Å²) >= 11 is 9.30. The third-order valence-electron chi connectivity index (χ3n) is 3.28. The van der Waals surface area contributed by atoms with Crippen LogP contribution in [-0.2, 0) is 0 Å². The molecular weight excluding hydrogens is 328 g/mol. The molecular formula is C15H12BrClO2. The number of ether oxygens (including phenoxy) is 1. The van der Waals surface area contributed by atoms with Crippen molar-refractivity contribution >= 4 is 27.5 Å². The van der Waals surface area contributed by atoms with Gasteiger partial charge < -0.3 is 9.84 Å². The highest BCUT2D eigenvalue weighted by Crippen LogP contribution is 2.41. The molecule has 2 aromatic carbocycles. The van der Waals surface area contributed by atoms with Gasteiger partial charge in [0, 0.05) is 21.5 Å². The molecule has 0 amide bonds. The molecule has 0 saturated heterocycles. The molecule has 2 nitrogen and oxygen atoms in total. The Balaban J connectivity index is 1.93. The van der Waals surface area contributed by atoms with E-state index in [1.807, 2.05) is 42.5 Å². The summed E-state index contributed by atoms with van der Waals surface area (Å²) in [5, 5.41) is 10.9. The van der Waals surface area contributed by atoms with Gasteiger partial charge in [-0.05, 0) is 29.8 Å². The molecule has 4 heteroatoms. The van der Waals surface area contributed by atoms with Gasteiger partial charge in [-0.3, -0.25) is 0 Å². The van der Waals surface area contributed by atoms with Crippen molar-refractivity contribution in [2.75, 3.05) is 0 Å². The molecule has 1 aliphatic heterocycles. The van der Waals surface area contributed by atoms with Crippen molar-refractivity contribution in [1.82, 2.24) is 0 Å². The Kier molecular flexibility index (Phi) is 3.52. The SMILES string of the molecule is O[C@@H]1CC(c2ccc(Cl)cc2)Oc2cc(Br)ccc21. The molecule has 3 rings (SSSR count). The molecule has 1 heterocycles. The zero-order valence-corrected chi connectivity index (χ0v) is 12.4. The number of hydrogen-bond acceptors (Lipinski definition) is 2. The van der Waals surface area contributed by atoms with Gasteiger partial charge in [0.15, 0.2) is 0 Å². The summed E-state index contributed by atoms with van der Waals surface area (Å²) in [6, 6.07) is 13.2. The first-order chi connectivity index (χ1) is 9.13. The molecule has 1 N–H and O–H groups in total. The van der Waals surface area contributed by atoms with Gasteiger partial charge in [0.05, 0.1) is 6.10 Å². The Hall–Kier alpha value is -1.03. The van der Waals surface area contributed by atoms with Crippen LogP contribution in [0.4, 0.5) is 0 Å². The molecule has 0 aromatic heterocycles. The third kappa shape index (κ3) is 2.64. The van der Waals surface area contributed by atoms with Crippen LogP contribution in [-0.4, -0.2) is 5.11 Å². The van der Waals surface area contributed by atoms with E-state index < -0.39 is 6.10 Å². The molecule has 1 aliphatic rings. The normalized spacial score (nSPS) is 21.6. The highest BCUT2D eigenvalue weighted by atomic mass is 79.9. The predicted molar refractivity (Wildman–Crippen MR) is 78.5 cm³/mol. The summed E-state index contributed by atoms with van der Waals surface area (Å²) < 4.78 is 6.92. The second kappa shape index (κ2) is 5.16. The van der Waals surface area contributed by atoms with Crippen LogP contribution < -0.4 is 4.74 Å². The quantitative estimate of drug-likeness (QED) is 0.819. The van der Waals surface area contributed by atoms with Crippen molar-refractivity contribution in [3.63, 3.8) is 0 Å². The second-order valence-corrected chi connectivity index (χ2v) is 5.94. The molecule has 98 valence electrons. The van der Waals surface area contributed by atoms with E-state index >= 15 is 0 Å². The molecule has 2 atom stereocenters. The van der Waals surface area contributed by atoms with Gasteiger partial charge in [0.1, 0.15) is 11.9 Å². The van der Waals surface area contributed by atoms with Crippen LogP contribution in [0.1, 0.15) is 29.8 Å². The molecule has 0 aliphatic carbocycles. The number of halogens is 2. The van der Waals surface area contributed by atoms with E-state index in [-0.39, 0.29) is 6.10 Å². The standard InChI is InChI=1S/C15H12BrClO2/c16-10-3-6-12-13(18)8-14(19-15(12)7-10)9-1-4-11(17)5-2-9/h1-7,13-14,18H,8H2/t13-,14?/m1/s1. The van der Waals surface area contributed by atoms with Crippen molar-refractivity contribution in [2.24, 2.45) is 0 Å². The number of benzene rings is 2. The minimum atomic E-state index is -0.502. The van der Waals surface area contributed by atoms with Gasteiger partial charge >= 0.3 is 0 Å². The van der Waals surface area contributed by atoms with Crippen LogP contribution >= 0.6 is 27.5 Å². The monoisotopic (exact) mass is 338 g/mol. The minimum Gasteiger partial charge on any atom is -0.485 e. The molecule has 2 aromatic rings. The Morgan fingerprint density at radius 1 is 1.16 bits per heavy atom. The number of aliphatic hydroxyl groups excluding tert-OH is 1. The van der Waals surface area contributed by atoms with Gasteiger partial charge in [-0.25, -0.2) is 0 Å². The largest absolute Gasteiger partial charge is 0.485 e. The molecule has 0 radical (unpaired) electrons. The van der Waals surface area contributed by atoms with Crippen LogP contribution in [0.5, 0.6) is 5.75 Å². The zero-order chi connectivity index (χ0) is 13.4.